The lowest BCUT2D eigenvalue weighted by Crippen LogP contribution is -2.39. The van der Waals surface area contributed by atoms with Crippen LogP contribution in [0, 0.1) is 11.3 Å². The first-order valence-corrected chi connectivity index (χ1v) is 7.54. The van der Waals surface area contributed by atoms with Crippen molar-refractivity contribution in [2.45, 2.75) is 52.5 Å². The van der Waals surface area contributed by atoms with Crippen LogP contribution in [0.3, 0.4) is 0 Å². The van der Waals surface area contributed by atoms with E-state index in [2.05, 4.69) is 26.1 Å². The van der Waals surface area contributed by atoms with Crippen molar-refractivity contribution in [2.75, 3.05) is 5.32 Å². The van der Waals surface area contributed by atoms with E-state index in [4.69, 9.17) is 5.73 Å². The zero-order valence-corrected chi connectivity index (χ0v) is 12.8. The Balaban J connectivity index is 2.08. The number of carbonyl (C=O) groups is 1. The second-order valence-electron chi connectivity index (χ2n) is 6.95. The highest BCUT2D eigenvalue weighted by molar-refractivity contribution is 5.93. The number of nitrogens with one attached hydrogen (secondary N) is 1. The van der Waals surface area contributed by atoms with Crippen LogP contribution < -0.4 is 11.1 Å². The first kappa shape index (κ1) is 14.9. The Morgan fingerprint density at radius 3 is 2.30 bits per heavy atom. The first-order valence-electron chi connectivity index (χ1n) is 7.54. The van der Waals surface area contributed by atoms with E-state index >= 15 is 0 Å². The summed E-state index contributed by atoms with van der Waals surface area (Å²) in [6.45, 7) is 6.98. The molecule has 0 bridgehead atoms. The second kappa shape index (κ2) is 5.86. The summed E-state index contributed by atoms with van der Waals surface area (Å²) < 4.78 is 0. The summed E-state index contributed by atoms with van der Waals surface area (Å²) in [7, 11) is 0. The van der Waals surface area contributed by atoms with Crippen molar-refractivity contribution in [3.63, 3.8) is 0 Å². The summed E-state index contributed by atoms with van der Waals surface area (Å²) >= 11 is 0. The molecular weight excluding hydrogens is 248 g/mol. The van der Waals surface area contributed by atoms with Crippen molar-refractivity contribution in [3.8, 4) is 0 Å². The Labute approximate surface area is 121 Å². The van der Waals surface area contributed by atoms with Crippen LogP contribution in [0.15, 0.2) is 24.3 Å². The summed E-state index contributed by atoms with van der Waals surface area (Å²) in [6, 6.07) is 8.00. The number of rotatable bonds is 3. The maximum Gasteiger partial charge on any atom is 0.248 e. The molecule has 0 heterocycles. The highest BCUT2D eigenvalue weighted by Gasteiger charge is 2.33. The molecule has 1 fully saturated rings. The predicted octanol–water partition coefficient (Wildman–Crippen LogP) is 3.80. The Kier molecular flexibility index (Phi) is 4.36. The fraction of sp³-hybridized carbons (Fsp3) is 0.588. The second-order valence-corrected chi connectivity index (χ2v) is 6.95. The topological polar surface area (TPSA) is 55.1 Å². The molecule has 1 aliphatic rings. The summed E-state index contributed by atoms with van der Waals surface area (Å²) in [6.07, 6.45) is 5.14. The zero-order valence-electron chi connectivity index (χ0n) is 12.8. The highest BCUT2D eigenvalue weighted by atomic mass is 16.1. The molecule has 2 unspecified atom stereocenters. The van der Waals surface area contributed by atoms with E-state index in [1.54, 1.807) is 12.1 Å². The molecule has 1 aliphatic carbocycles. The van der Waals surface area contributed by atoms with Crippen molar-refractivity contribution in [1.29, 1.82) is 0 Å². The number of primary amides is 1. The van der Waals surface area contributed by atoms with Crippen LogP contribution in [0.4, 0.5) is 5.69 Å². The van der Waals surface area contributed by atoms with Gasteiger partial charge in [0.05, 0.1) is 0 Å². The zero-order chi connectivity index (χ0) is 14.8. The smallest absolute Gasteiger partial charge is 0.248 e. The molecule has 0 spiro atoms. The van der Waals surface area contributed by atoms with Crippen molar-refractivity contribution >= 4 is 11.6 Å². The van der Waals surface area contributed by atoms with Crippen LogP contribution in [0.25, 0.3) is 0 Å². The molecule has 0 aromatic heterocycles. The fourth-order valence-corrected chi connectivity index (χ4v) is 3.28. The number of hydrogen-bond acceptors (Lipinski definition) is 2. The van der Waals surface area contributed by atoms with Gasteiger partial charge >= 0.3 is 0 Å². The standard InChI is InChI=1S/C17H26N2O/c1-17(2,3)14-6-4-5-7-15(14)19-13-10-8-12(9-11-13)16(18)20/h8-11,14-15,19H,4-7H2,1-3H3,(H2,18,20). The van der Waals surface area contributed by atoms with Crippen LogP contribution in [0.1, 0.15) is 56.8 Å². The van der Waals surface area contributed by atoms with Gasteiger partial charge in [0.25, 0.3) is 0 Å². The van der Waals surface area contributed by atoms with Crippen LogP contribution in [0.5, 0.6) is 0 Å². The molecule has 20 heavy (non-hydrogen) atoms. The minimum atomic E-state index is -0.373. The average Bonchev–Trinajstić information content (AvgIpc) is 2.38. The molecule has 110 valence electrons. The molecular formula is C17H26N2O. The van der Waals surface area contributed by atoms with Gasteiger partial charge in [0, 0.05) is 17.3 Å². The minimum Gasteiger partial charge on any atom is -0.382 e. The van der Waals surface area contributed by atoms with Gasteiger partial charge in [0.1, 0.15) is 0 Å². The highest BCUT2D eigenvalue weighted by Crippen LogP contribution is 2.39. The van der Waals surface area contributed by atoms with Crippen molar-refractivity contribution in [3.05, 3.63) is 29.8 Å². The number of hydrogen-bond donors (Lipinski definition) is 2. The Bertz CT molecular complexity index is 459. The molecule has 0 saturated heterocycles. The van der Waals surface area contributed by atoms with Crippen molar-refractivity contribution < 1.29 is 4.79 Å². The lowest BCUT2D eigenvalue weighted by molar-refractivity contribution is 0.100. The first-order chi connectivity index (χ1) is 9.38. The van der Waals surface area contributed by atoms with Crippen LogP contribution in [-0.2, 0) is 0 Å². The van der Waals surface area contributed by atoms with Gasteiger partial charge in [-0.05, 0) is 48.4 Å². The van der Waals surface area contributed by atoms with Gasteiger partial charge in [-0.25, -0.2) is 0 Å². The third-order valence-electron chi connectivity index (χ3n) is 4.40. The normalized spacial score (nSPS) is 23.4. The van der Waals surface area contributed by atoms with Crippen LogP contribution in [-0.4, -0.2) is 11.9 Å². The van der Waals surface area contributed by atoms with E-state index < -0.39 is 0 Å². The predicted molar refractivity (Wildman–Crippen MR) is 83.8 cm³/mol. The summed E-state index contributed by atoms with van der Waals surface area (Å²) in [5.74, 6) is 0.314. The molecule has 2 atom stereocenters. The van der Waals surface area contributed by atoms with E-state index in [9.17, 15) is 4.79 Å². The van der Waals surface area contributed by atoms with Gasteiger partial charge in [0.15, 0.2) is 0 Å². The van der Waals surface area contributed by atoms with Crippen LogP contribution in [0.2, 0.25) is 0 Å². The Morgan fingerprint density at radius 1 is 1.15 bits per heavy atom. The van der Waals surface area contributed by atoms with Gasteiger partial charge < -0.3 is 11.1 Å². The van der Waals surface area contributed by atoms with E-state index in [0.717, 1.165) is 5.69 Å². The van der Waals surface area contributed by atoms with Gasteiger partial charge in [-0.2, -0.15) is 0 Å². The SMILES string of the molecule is CC(C)(C)C1CCCCC1Nc1ccc(C(N)=O)cc1. The van der Waals surface area contributed by atoms with Gasteiger partial charge in [-0.3, -0.25) is 4.79 Å². The maximum absolute atomic E-state index is 11.1. The molecule has 0 radical (unpaired) electrons. The Morgan fingerprint density at radius 2 is 1.75 bits per heavy atom. The molecule has 3 nitrogen and oxygen atoms in total. The lowest BCUT2D eigenvalue weighted by Gasteiger charge is -2.41. The van der Waals surface area contributed by atoms with E-state index in [1.807, 2.05) is 12.1 Å². The van der Waals surface area contributed by atoms with Gasteiger partial charge in [0.2, 0.25) is 5.91 Å². The molecule has 1 amide bonds. The van der Waals surface area contributed by atoms with E-state index in [1.165, 1.54) is 25.7 Å². The van der Waals surface area contributed by atoms with E-state index in [0.29, 0.717) is 22.9 Å². The molecule has 0 aliphatic heterocycles. The molecule has 1 aromatic carbocycles. The molecule has 3 N–H and O–H groups in total. The summed E-state index contributed by atoms with van der Waals surface area (Å²) in [4.78, 5) is 11.1. The maximum atomic E-state index is 11.1. The minimum absolute atomic E-state index is 0.325. The molecule has 1 saturated carbocycles. The quantitative estimate of drug-likeness (QED) is 0.880. The third-order valence-corrected chi connectivity index (χ3v) is 4.40. The number of amides is 1. The van der Waals surface area contributed by atoms with Gasteiger partial charge in [-0.1, -0.05) is 33.6 Å². The molecule has 3 heteroatoms. The molecule has 1 aromatic rings. The largest absolute Gasteiger partial charge is 0.382 e. The van der Waals surface area contributed by atoms with Gasteiger partial charge in [-0.15, -0.1) is 0 Å². The number of nitrogens with two attached hydrogens (primary N) is 1. The third kappa shape index (κ3) is 3.53. The van der Waals surface area contributed by atoms with Crippen molar-refractivity contribution in [1.82, 2.24) is 0 Å². The van der Waals surface area contributed by atoms with E-state index in [-0.39, 0.29) is 5.91 Å². The monoisotopic (exact) mass is 274 g/mol. The summed E-state index contributed by atoms with van der Waals surface area (Å²) in [5, 5.41) is 3.65. The average molecular weight is 274 g/mol. The van der Waals surface area contributed by atoms with Crippen molar-refractivity contribution in [2.24, 2.45) is 17.1 Å². The van der Waals surface area contributed by atoms with Crippen LogP contribution >= 0.6 is 0 Å². The number of benzene rings is 1. The lowest BCUT2D eigenvalue weighted by atomic mass is 9.69. The number of anilines is 1. The Hall–Kier alpha value is -1.51. The number of carbonyl (C=O) groups excluding carboxylic acids is 1. The fourth-order valence-electron chi connectivity index (χ4n) is 3.28. The summed E-state index contributed by atoms with van der Waals surface area (Å²) in [5.41, 5.74) is 7.23. The molecule has 2 rings (SSSR count).